The SMILES string of the molecule is O=C(/C=C/c1ccccc1)N/C(=C\c1ccco1)C(=O)NCc1ccccc1. The van der Waals surface area contributed by atoms with E-state index in [1.165, 1.54) is 18.4 Å². The molecule has 2 aromatic carbocycles. The number of carbonyl (C=O) groups excluding carboxylic acids is 2. The summed E-state index contributed by atoms with van der Waals surface area (Å²) in [6, 6.07) is 22.4. The number of rotatable bonds is 7. The summed E-state index contributed by atoms with van der Waals surface area (Å²) < 4.78 is 5.26. The van der Waals surface area contributed by atoms with E-state index in [1.807, 2.05) is 60.7 Å². The molecular formula is C23H20N2O3. The van der Waals surface area contributed by atoms with E-state index in [0.29, 0.717) is 12.3 Å². The predicted molar refractivity (Wildman–Crippen MR) is 109 cm³/mol. The molecule has 0 fully saturated rings. The Kier molecular flexibility index (Phi) is 6.57. The number of hydrogen-bond donors (Lipinski definition) is 2. The van der Waals surface area contributed by atoms with Crippen LogP contribution in [0, 0.1) is 0 Å². The molecule has 1 aromatic heterocycles. The Labute approximate surface area is 163 Å². The van der Waals surface area contributed by atoms with Crippen LogP contribution in [0.4, 0.5) is 0 Å². The predicted octanol–water partition coefficient (Wildman–Crippen LogP) is 3.77. The van der Waals surface area contributed by atoms with Crippen molar-refractivity contribution < 1.29 is 14.0 Å². The van der Waals surface area contributed by atoms with E-state index in [0.717, 1.165) is 11.1 Å². The molecular weight excluding hydrogens is 352 g/mol. The fraction of sp³-hybridized carbons (Fsp3) is 0.0435. The molecule has 0 saturated carbocycles. The smallest absolute Gasteiger partial charge is 0.268 e. The van der Waals surface area contributed by atoms with Crippen LogP contribution in [-0.2, 0) is 16.1 Å². The van der Waals surface area contributed by atoms with Crippen molar-refractivity contribution in [3.05, 3.63) is 108 Å². The Balaban J connectivity index is 1.69. The van der Waals surface area contributed by atoms with Gasteiger partial charge in [-0.2, -0.15) is 0 Å². The van der Waals surface area contributed by atoms with Gasteiger partial charge in [-0.1, -0.05) is 60.7 Å². The Morgan fingerprint density at radius 3 is 2.29 bits per heavy atom. The average Bonchev–Trinajstić information content (AvgIpc) is 3.25. The molecule has 0 aliphatic carbocycles. The first-order valence-electron chi connectivity index (χ1n) is 8.82. The standard InChI is InChI=1S/C23H20N2O3/c26-22(14-13-18-8-3-1-4-9-18)25-21(16-20-12-7-15-28-20)23(27)24-17-19-10-5-2-6-11-19/h1-16H,17H2,(H,24,27)(H,25,26)/b14-13+,21-16-. The monoisotopic (exact) mass is 372 g/mol. The van der Waals surface area contributed by atoms with Crippen molar-refractivity contribution in [2.75, 3.05) is 0 Å². The highest BCUT2D eigenvalue weighted by Crippen LogP contribution is 2.07. The quantitative estimate of drug-likeness (QED) is 0.620. The van der Waals surface area contributed by atoms with Crippen LogP contribution >= 0.6 is 0 Å². The van der Waals surface area contributed by atoms with E-state index in [2.05, 4.69) is 10.6 Å². The summed E-state index contributed by atoms with van der Waals surface area (Å²) in [6.07, 6.45) is 6.06. The van der Waals surface area contributed by atoms with Gasteiger partial charge >= 0.3 is 0 Å². The van der Waals surface area contributed by atoms with Crippen LogP contribution in [0.5, 0.6) is 0 Å². The van der Waals surface area contributed by atoms with Gasteiger partial charge in [0.15, 0.2) is 0 Å². The lowest BCUT2D eigenvalue weighted by Gasteiger charge is -2.09. The Morgan fingerprint density at radius 1 is 0.893 bits per heavy atom. The molecule has 0 aliphatic heterocycles. The van der Waals surface area contributed by atoms with Gasteiger partial charge in [-0.25, -0.2) is 0 Å². The second-order valence-electron chi connectivity index (χ2n) is 5.97. The van der Waals surface area contributed by atoms with E-state index >= 15 is 0 Å². The lowest BCUT2D eigenvalue weighted by Crippen LogP contribution is -2.33. The maximum absolute atomic E-state index is 12.6. The average molecular weight is 372 g/mol. The van der Waals surface area contributed by atoms with Crippen LogP contribution in [0.15, 0.2) is 95.2 Å². The molecule has 28 heavy (non-hydrogen) atoms. The Morgan fingerprint density at radius 2 is 1.61 bits per heavy atom. The van der Waals surface area contributed by atoms with Crippen molar-refractivity contribution in [1.29, 1.82) is 0 Å². The van der Waals surface area contributed by atoms with Gasteiger partial charge in [-0.05, 0) is 29.3 Å². The molecule has 3 rings (SSSR count). The van der Waals surface area contributed by atoms with Crippen molar-refractivity contribution in [3.63, 3.8) is 0 Å². The summed E-state index contributed by atoms with van der Waals surface area (Å²) in [5, 5.41) is 5.43. The van der Waals surface area contributed by atoms with Crippen LogP contribution in [0.2, 0.25) is 0 Å². The number of benzene rings is 2. The minimum atomic E-state index is -0.406. The molecule has 0 spiro atoms. The van der Waals surface area contributed by atoms with Crippen LogP contribution in [0.1, 0.15) is 16.9 Å². The number of hydrogen-bond acceptors (Lipinski definition) is 3. The first-order valence-corrected chi connectivity index (χ1v) is 8.82. The largest absolute Gasteiger partial charge is 0.465 e. The summed E-state index contributed by atoms with van der Waals surface area (Å²) in [5.41, 5.74) is 1.96. The van der Waals surface area contributed by atoms with E-state index < -0.39 is 11.8 Å². The zero-order valence-corrected chi connectivity index (χ0v) is 15.2. The third kappa shape index (κ3) is 5.85. The molecule has 5 nitrogen and oxygen atoms in total. The first-order chi connectivity index (χ1) is 13.7. The fourth-order valence-electron chi connectivity index (χ4n) is 2.46. The molecule has 140 valence electrons. The molecule has 2 amide bonds. The first kappa shape index (κ1) is 18.9. The van der Waals surface area contributed by atoms with Gasteiger partial charge in [0.2, 0.25) is 5.91 Å². The van der Waals surface area contributed by atoms with Gasteiger partial charge in [0.05, 0.1) is 6.26 Å². The lowest BCUT2D eigenvalue weighted by molar-refractivity contribution is -0.121. The molecule has 0 aliphatic rings. The minimum Gasteiger partial charge on any atom is -0.465 e. The number of carbonyl (C=O) groups is 2. The third-order valence-corrected chi connectivity index (χ3v) is 3.85. The van der Waals surface area contributed by atoms with E-state index in [4.69, 9.17) is 4.42 Å². The van der Waals surface area contributed by atoms with Gasteiger partial charge in [0.25, 0.3) is 5.91 Å². The fourth-order valence-corrected chi connectivity index (χ4v) is 2.46. The maximum atomic E-state index is 12.6. The highest BCUT2D eigenvalue weighted by atomic mass is 16.3. The lowest BCUT2D eigenvalue weighted by atomic mass is 10.2. The third-order valence-electron chi connectivity index (χ3n) is 3.85. The highest BCUT2D eigenvalue weighted by molar-refractivity contribution is 6.04. The van der Waals surface area contributed by atoms with Crippen molar-refractivity contribution in [3.8, 4) is 0 Å². The van der Waals surface area contributed by atoms with E-state index in [9.17, 15) is 9.59 Å². The van der Waals surface area contributed by atoms with Crippen molar-refractivity contribution in [2.45, 2.75) is 6.54 Å². The van der Waals surface area contributed by atoms with Crippen molar-refractivity contribution in [1.82, 2.24) is 10.6 Å². The summed E-state index contributed by atoms with van der Waals surface area (Å²) >= 11 is 0. The van der Waals surface area contributed by atoms with Crippen molar-refractivity contribution >= 4 is 24.0 Å². The molecule has 2 N–H and O–H groups in total. The van der Waals surface area contributed by atoms with Crippen LogP contribution < -0.4 is 10.6 Å². The van der Waals surface area contributed by atoms with Crippen LogP contribution in [0.3, 0.4) is 0 Å². The maximum Gasteiger partial charge on any atom is 0.268 e. The van der Waals surface area contributed by atoms with Crippen molar-refractivity contribution in [2.24, 2.45) is 0 Å². The number of nitrogens with one attached hydrogen (secondary N) is 2. The molecule has 0 radical (unpaired) electrons. The zero-order valence-electron chi connectivity index (χ0n) is 15.2. The van der Waals surface area contributed by atoms with Gasteiger partial charge in [-0.15, -0.1) is 0 Å². The van der Waals surface area contributed by atoms with Crippen LogP contribution in [0.25, 0.3) is 12.2 Å². The number of furan rings is 1. The summed E-state index contributed by atoms with van der Waals surface area (Å²) in [7, 11) is 0. The normalized spacial score (nSPS) is 11.4. The summed E-state index contributed by atoms with van der Waals surface area (Å²) in [5.74, 6) is -0.338. The highest BCUT2D eigenvalue weighted by Gasteiger charge is 2.12. The summed E-state index contributed by atoms with van der Waals surface area (Å²) in [4.78, 5) is 24.9. The molecule has 0 atom stereocenters. The Bertz CT molecular complexity index is 960. The Hall–Kier alpha value is -3.86. The summed E-state index contributed by atoms with van der Waals surface area (Å²) in [6.45, 7) is 0.352. The zero-order chi connectivity index (χ0) is 19.6. The number of amides is 2. The molecule has 0 bridgehead atoms. The van der Waals surface area contributed by atoms with Gasteiger partial charge < -0.3 is 15.1 Å². The van der Waals surface area contributed by atoms with Gasteiger partial charge in [0, 0.05) is 18.7 Å². The molecule has 1 heterocycles. The molecule has 0 unspecified atom stereocenters. The van der Waals surface area contributed by atoms with Crippen LogP contribution in [-0.4, -0.2) is 11.8 Å². The second kappa shape index (κ2) is 9.73. The van der Waals surface area contributed by atoms with E-state index in [-0.39, 0.29) is 5.70 Å². The van der Waals surface area contributed by atoms with Gasteiger partial charge in [-0.3, -0.25) is 9.59 Å². The molecule has 5 heteroatoms. The van der Waals surface area contributed by atoms with Gasteiger partial charge in [0.1, 0.15) is 11.5 Å². The van der Waals surface area contributed by atoms with E-state index in [1.54, 1.807) is 18.2 Å². The minimum absolute atomic E-state index is 0.105. The molecule has 3 aromatic rings. The topological polar surface area (TPSA) is 71.3 Å². The second-order valence-corrected chi connectivity index (χ2v) is 5.97. The molecule has 0 saturated heterocycles.